The van der Waals surface area contributed by atoms with E-state index in [1.807, 2.05) is 38.1 Å². The molecular formula is C34H37BN2O7. The van der Waals surface area contributed by atoms with E-state index in [1.54, 1.807) is 42.6 Å². The van der Waals surface area contributed by atoms with E-state index >= 15 is 0 Å². The Hall–Kier alpha value is -4.09. The Balaban J connectivity index is 1.45. The number of hydrogen-bond acceptors (Lipinski definition) is 8. The van der Waals surface area contributed by atoms with Crippen molar-refractivity contribution in [2.45, 2.75) is 39.2 Å². The zero-order chi connectivity index (χ0) is 31.5. The van der Waals surface area contributed by atoms with Crippen molar-refractivity contribution in [2.75, 3.05) is 11.5 Å². The first-order chi connectivity index (χ1) is 21.1. The molecule has 3 aromatic rings. The number of pyridine rings is 1. The molecule has 0 radical (unpaired) electrons. The lowest BCUT2D eigenvalue weighted by atomic mass is 9.66. The van der Waals surface area contributed by atoms with Gasteiger partial charge >= 0.3 is 7.12 Å². The number of carbonyl (C=O) groups excluding carboxylic acids is 2. The number of allylic oxidation sites excluding steroid dienone is 2. The summed E-state index contributed by atoms with van der Waals surface area (Å²) < 4.78 is 0. The molecule has 0 bridgehead atoms. The number of aliphatic hydroxyl groups excluding tert-OH is 2. The fourth-order valence-electron chi connectivity index (χ4n) is 6.57. The van der Waals surface area contributed by atoms with Gasteiger partial charge in [-0.2, -0.15) is 0 Å². The molecule has 5 rings (SSSR count). The number of aromatic nitrogens is 1. The van der Waals surface area contributed by atoms with Gasteiger partial charge in [-0.25, -0.2) is 0 Å². The molecule has 9 nitrogen and oxygen atoms in total. The van der Waals surface area contributed by atoms with Crippen molar-refractivity contribution in [3.05, 3.63) is 95.3 Å². The lowest BCUT2D eigenvalue weighted by Crippen LogP contribution is -2.40. The third kappa shape index (κ3) is 6.25. The van der Waals surface area contributed by atoms with Crippen molar-refractivity contribution in [1.82, 2.24) is 4.98 Å². The molecule has 0 unspecified atom stereocenters. The molecule has 1 aromatic heterocycles. The minimum atomic E-state index is -1.76. The van der Waals surface area contributed by atoms with Crippen molar-refractivity contribution in [2.24, 2.45) is 23.7 Å². The van der Waals surface area contributed by atoms with Crippen LogP contribution in [0, 0.1) is 23.7 Å². The molecule has 1 aliphatic heterocycles. The molecule has 10 heteroatoms. The van der Waals surface area contributed by atoms with Crippen LogP contribution in [0.5, 0.6) is 5.75 Å². The number of aliphatic hydroxyl groups is 2. The molecule has 4 atom stereocenters. The molecule has 1 fully saturated rings. The van der Waals surface area contributed by atoms with E-state index in [9.17, 15) is 35.0 Å². The van der Waals surface area contributed by atoms with Gasteiger partial charge in [0.25, 0.3) is 0 Å². The summed E-state index contributed by atoms with van der Waals surface area (Å²) in [6.07, 6.45) is 3.69. The van der Waals surface area contributed by atoms with Crippen LogP contribution >= 0.6 is 0 Å². The van der Waals surface area contributed by atoms with Gasteiger partial charge in [-0.3, -0.25) is 19.5 Å². The Bertz CT molecular complexity index is 1570. The van der Waals surface area contributed by atoms with Gasteiger partial charge in [0.1, 0.15) is 5.75 Å². The number of imide groups is 1. The number of hydrogen-bond donors (Lipinski definition) is 5. The monoisotopic (exact) mass is 596 g/mol. The van der Waals surface area contributed by atoms with Gasteiger partial charge in [0.05, 0.1) is 35.9 Å². The Morgan fingerprint density at radius 1 is 1.05 bits per heavy atom. The maximum atomic E-state index is 13.9. The van der Waals surface area contributed by atoms with Crippen LogP contribution in [0.25, 0.3) is 11.6 Å². The predicted octanol–water partition coefficient (Wildman–Crippen LogP) is 2.92. The molecule has 228 valence electrons. The third-order valence-corrected chi connectivity index (χ3v) is 8.71. The van der Waals surface area contributed by atoms with Gasteiger partial charge in [-0.05, 0) is 89.8 Å². The van der Waals surface area contributed by atoms with Crippen LogP contribution in [-0.4, -0.2) is 62.0 Å². The molecule has 2 aliphatic rings. The van der Waals surface area contributed by atoms with Crippen molar-refractivity contribution in [3.63, 3.8) is 0 Å². The molecule has 2 heterocycles. The Morgan fingerprint density at radius 2 is 1.80 bits per heavy atom. The molecule has 2 aromatic carbocycles. The van der Waals surface area contributed by atoms with E-state index < -0.39 is 49.4 Å². The molecule has 0 saturated carbocycles. The highest BCUT2D eigenvalue weighted by molar-refractivity contribution is 6.58. The highest BCUT2D eigenvalue weighted by Crippen LogP contribution is 2.48. The van der Waals surface area contributed by atoms with Crippen LogP contribution in [0.4, 0.5) is 5.69 Å². The smallest absolute Gasteiger partial charge is 0.488 e. The molecule has 44 heavy (non-hydrogen) atoms. The van der Waals surface area contributed by atoms with Crippen molar-refractivity contribution in [1.29, 1.82) is 0 Å². The van der Waals surface area contributed by atoms with E-state index in [0.29, 0.717) is 18.4 Å². The Kier molecular flexibility index (Phi) is 9.46. The summed E-state index contributed by atoms with van der Waals surface area (Å²) in [5, 5.41) is 51.4. The van der Waals surface area contributed by atoms with Crippen LogP contribution < -0.4 is 10.4 Å². The summed E-state index contributed by atoms with van der Waals surface area (Å²) in [6, 6.07) is 18.4. The van der Waals surface area contributed by atoms with Crippen LogP contribution in [0.1, 0.15) is 44.4 Å². The second-order valence-electron chi connectivity index (χ2n) is 11.8. The normalized spacial score (nSPS) is 21.2. The van der Waals surface area contributed by atoms with Crippen molar-refractivity contribution < 1.29 is 35.0 Å². The molecule has 2 amide bonds. The van der Waals surface area contributed by atoms with E-state index in [-0.39, 0.29) is 29.2 Å². The average Bonchev–Trinajstić information content (AvgIpc) is 3.28. The zero-order valence-corrected chi connectivity index (χ0v) is 24.7. The van der Waals surface area contributed by atoms with Crippen LogP contribution in [-0.2, 0) is 9.59 Å². The molecule has 0 spiro atoms. The molecule has 5 N–H and O–H groups in total. The minimum absolute atomic E-state index is 0.0396. The predicted molar refractivity (Wildman–Crippen MR) is 168 cm³/mol. The van der Waals surface area contributed by atoms with Crippen LogP contribution in [0.3, 0.4) is 0 Å². The first-order valence-corrected chi connectivity index (χ1v) is 14.9. The van der Waals surface area contributed by atoms with E-state index in [1.165, 1.54) is 12.1 Å². The lowest BCUT2D eigenvalue weighted by molar-refractivity contribution is -0.123. The van der Waals surface area contributed by atoms with Crippen molar-refractivity contribution >= 4 is 41.7 Å². The van der Waals surface area contributed by atoms with Gasteiger partial charge in [0.15, 0.2) is 0 Å². The third-order valence-electron chi connectivity index (χ3n) is 8.71. The van der Waals surface area contributed by atoms with Gasteiger partial charge in [0, 0.05) is 12.1 Å². The SMILES string of the molecule is CC(C)C1=C([C@H](O)CC/C(=C/c2ccc(O)cc2)c2ccccn2)[C@H](CO)[C@@H]2C(=O)N(c3cccc(B(O)O)c3)C(=O)[C@@H]2C1. The van der Waals surface area contributed by atoms with E-state index in [4.69, 9.17) is 0 Å². The fraction of sp³-hybridized carbons (Fsp3) is 0.324. The Labute approximate surface area is 257 Å². The Morgan fingerprint density at radius 3 is 2.43 bits per heavy atom. The number of amides is 2. The lowest BCUT2D eigenvalue weighted by Gasteiger charge is -2.38. The van der Waals surface area contributed by atoms with Crippen LogP contribution in [0.2, 0.25) is 0 Å². The number of phenols is 1. The number of anilines is 1. The van der Waals surface area contributed by atoms with Gasteiger partial charge in [0.2, 0.25) is 11.8 Å². The highest BCUT2D eigenvalue weighted by Gasteiger charge is 2.55. The first kappa shape index (κ1) is 31.3. The second-order valence-corrected chi connectivity index (χ2v) is 11.8. The number of fused-ring (bicyclic) bond motifs is 1. The summed E-state index contributed by atoms with van der Waals surface area (Å²) in [6.45, 7) is 3.54. The summed E-state index contributed by atoms with van der Waals surface area (Å²) in [7, 11) is -1.76. The summed E-state index contributed by atoms with van der Waals surface area (Å²) in [5.41, 5.74) is 4.35. The molecule has 1 saturated heterocycles. The van der Waals surface area contributed by atoms with Crippen molar-refractivity contribution in [3.8, 4) is 5.75 Å². The number of nitrogens with zero attached hydrogens (tertiary/aromatic N) is 2. The largest absolute Gasteiger partial charge is 0.508 e. The zero-order valence-electron chi connectivity index (χ0n) is 24.7. The van der Waals surface area contributed by atoms with Gasteiger partial charge < -0.3 is 25.4 Å². The van der Waals surface area contributed by atoms with Gasteiger partial charge in [-0.15, -0.1) is 0 Å². The standard InChI is InChI=1S/C34H37BN2O7/c1-20(2)26-18-27-32(34(42)37(33(27)41)24-7-5-6-23(17-24)35(43)44)28(19-38)31(26)30(40)14-11-22(29-8-3-4-15-36-29)16-21-9-12-25(39)13-10-21/h3-10,12-13,15-17,20,27-28,30,32,38-40,43-44H,11,14,18-19H2,1-2H3/b22-16-/t27-,28+,30-,32-/m1/s1. The summed E-state index contributed by atoms with van der Waals surface area (Å²) >= 11 is 0. The maximum absolute atomic E-state index is 13.9. The molecule has 1 aliphatic carbocycles. The minimum Gasteiger partial charge on any atom is -0.508 e. The molecular weight excluding hydrogens is 559 g/mol. The quantitative estimate of drug-likeness (QED) is 0.136. The number of phenolic OH excluding ortho intramolecular Hbond substituents is 1. The fourth-order valence-corrected chi connectivity index (χ4v) is 6.57. The van der Waals surface area contributed by atoms with Gasteiger partial charge in [-0.1, -0.05) is 49.8 Å². The summed E-state index contributed by atoms with van der Waals surface area (Å²) in [5.74, 6) is -3.07. The van der Waals surface area contributed by atoms with Crippen LogP contribution in [0.15, 0.2) is 84.1 Å². The van der Waals surface area contributed by atoms with E-state index in [0.717, 1.165) is 27.3 Å². The highest BCUT2D eigenvalue weighted by atomic mass is 16.4. The maximum Gasteiger partial charge on any atom is 0.488 e. The number of aromatic hydroxyl groups is 1. The van der Waals surface area contributed by atoms with E-state index in [2.05, 4.69) is 4.98 Å². The number of carbonyl (C=O) groups is 2. The second kappa shape index (κ2) is 13.3. The summed E-state index contributed by atoms with van der Waals surface area (Å²) in [4.78, 5) is 33.1. The topological polar surface area (TPSA) is 151 Å². The average molecular weight is 596 g/mol. The first-order valence-electron chi connectivity index (χ1n) is 14.9. The number of benzene rings is 2. The number of rotatable bonds is 10.